The molecule has 0 radical (unpaired) electrons. The van der Waals surface area contributed by atoms with Gasteiger partial charge in [-0.1, -0.05) is 0 Å². The highest BCUT2D eigenvalue weighted by Gasteiger charge is 2.17. The molecule has 0 saturated heterocycles. The SMILES string of the molecule is COc1ccc(NC(C)=O)cc1NC(=O)c1ccc2c(c1)OCO2. The summed E-state index contributed by atoms with van der Waals surface area (Å²) in [6.45, 7) is 1.56. The van der Waals surface area contributed by atoms with E-state index in [9.17, 15) is 9.59 Å². The van der Waals surface area contributed by atoms with Gasteiger partial charge in [-0.05, 0) is 36.4 Å². The van der Waals surface area contributed by atoms with Crippen molar-refractivity contribution in [2.24, 2.45) is 0 Å². The number of hydrogen-bond donors (Lipinski definition) is 2. The average Bonchev–Trinajstić information content (AvgIpc) is 3.02. The van der Waals surface area contributed by atoms with Crippen LogP contribution in [-0.2, 0) is 4.79 Å². The fourth-order valence-electron chi connectivity index (χ4n) is 2.32. The lowest BCUT2D eigenvalue weighted by atomic mass is 10.1. The van der Waals surface area contributed by atoms with Gasteiger partial charge in [0.05, 0.1) is 12.8 Å². The number of nitrogens with one attached hydrogen (secondary N) is 2. The van der Waals surface area contributed by atoms with E-state index in [0.717, 1.165) is 0 Å². The minimum Gasteiger partial charge on any atom is -0.495 e. The Bertz CT molecular complexity index is 804. The Balaban J connectivity index is 1.83. The molecular formula is C17H16N2O5. The minimum atomic E-state index is -0.327. The lowest BCUT2D eigenvalue weighted by Gasteiger charge is -2.12. The summed E-state index contributed by atoms with van der Waals surface area (Å²) in [7, 11) is 1.50. The summed E-state index contributed by atoms with van der Waals surface area (Å²) >= 11 is 0. The number of carbonyl (C=O) groups is 2. The van der Waals surface area contributed by atoms with Gasteiger partial charge in [-0.25, -0.2) is 0 Å². The molecule has 124 valence electrons. The van der Waals surface area contributed by atoms with Crippen molar-refractivity contribution < 1.29 is 23.8 Å². The number of carbonyl (C=O) groups excluding carboxylic acids is 2. The van der Waals surface area contributed by atoms with Gasteiger partial charge in [0.15, 0.2) is 11.5 Å². The Morgan fingerprint density at radius 1 is 1.04 bits per heavy atom. The summed E-state index contributed by atoms with van der Waals surface area (Å²) in [5.41, 5.74) is 1.43. The number of methoxy groups -OCH3 is 1. The lowest BCUT2D eigenvalue weighted by Crippen LogP contribution is -2.13. The van der Waals surface area contributed by atoms with Crippen LogP contribution in [0.5, 0.6) is 17.2 Å². The first-order valence-corrected chi connectivity index (χ1v) is 7.23. The molecule has 0 saturated carbocycles. The molecule has 7 nitrogen and oxygen atoms in total. The van der Waals surface area contributed by atoms with Gasteiger partial charge in [-0.3, -0.25) is 9.59 Å². The Morgan fingerprint density at radius 3 is 2.58 bits per heavy atom. The molecule has 0 aliphatic carbocycles. The van der Waals surface area contributed by atoms with Gasteiger partial charge >= 0.3 is 0 Å². The Labute approximate surface area is 138 Å². The third-order valence-electron chi connectivity index (χ3n) is 3.40. The van der Waals surface area contributed by atoms with E-state index in [0.29, 0.717) is 34.2 Å². The molecule has 0 bridgehead atoms. The highest BCUT2D eigenvalue weighted by Crippen LogP contribution is 2.33. The van der Waals surface area contributed by atoms with Gasteiger partial charge in [-0.2, -0.15) is 0 Å². The molecule has 1 heterocycles. The summed E-state index contributed by atoms with van der Waals surface area (Å²) in [6, 6.07) is 9.93. The van der Waals surface area contributed by atoms with Gasteiger partial charge in [0.2, 0.25) is 12.7 Å². The number of amides is 2. The summed E-state index contributed by atoms with van der Waals surface area (Å²) < 4.78 is 15.7. The predicted molar refractivity (Wildman–Crippen MR) is 87.8 cm³/mol. The fraction of sp³-hybridized carbons (Fsp3) is 0.176. The van der Waals surface area contributed by atoms with E-state index >= 15 is 0 Å². The summed E-state index contributed by atoms with van der Waals surface area (Å²) in [5, 5.41) is 5.43. The molecule has 1 aliphatic rings. The lowest BCUT2D eigenvalue weighted by molar-refractivity contribution is -0.114. The third-order valence-corrected chi connectivity index (χ3v) is 3.40. The standard InChI is InChI=1S/C17H16N2O5/c1-10(20)18-12-4-6-14(22-2)13(8-12)19-17(21)11-3-5-15-16(7-11)24-9-23-15/h3-8H,9H2,1-2H3,(H,18,20)(H,19,21). The second-order valence-electron chi connectivity index (χ2n) is 5.12. The van der Waals surface area contributed by atoms with Gasteiger partial charge in [-0.15, -0.1) is 0 Å². The molecule has 0 unspecified atom stereocenters. The van der Waals surface area contributed by atoms with Crippen molar-refractivity contribution in [3.63, 3.8) is 0 Å². The molecule has 0 aromatic heterocycles. The van der Waals surface area contributed by atoms with Gasteiger partial charge in [0, 0.05) is 18.2 Å². The number of hydrogen-bond acceptors (Lipinski definition) is 5. The van der Waals surface area contributed by atoms with Crippen molar-refractivity contribution in [2.45, 2.75) is 6.92 Å². The minimum absolute atomic E-state index is 0.146. The van der Waals surface area contributed by atoms with Crippen LogP contribution < -0.4 is 24.8 Å². The van der Waals surface area contributed by atoms with Crippen molar-refractivity contribution in [1.82, 2.24) is 0 Å². The van der Waals surface area contributed by atoms with E-state index in [-0.39, 0.29) is 18.6 Å². The molecule has 3 rings (SSSR count). The number of rotatable bonds is 4. The normalized spacial score (nSPS) is 11.8. The van der Waals surface area contributed by atoms with E-state index in [1.54, 1.807) is 36.4 Å². The van der Waals surface area contributed by atoms with E-state index in [2.05, 4.69) is 10.6 Å². The molecular weight excluding hydrogens is 312 g/mol. The smallest absolute Gasteiger partial charge is 0.255 e. The van der Waals surface area contributed by atoms with Crippen LogP contribution in [0.1, 0.15) is 17.3 Å². The van der Waals surface area contributed by atoms with E-state index in [1.165, 1.54) is 14.0 Å². The third kappa shape index (κ3) is 3.24. The molecule has 2 aromatic carbocycles. The second kappa shape index (κ2) is 6.49. The zero-order chi connectivity index (χ0) is 17.1. The van der Waals surface area contributed by atoms with Crippen LogP contribution in [0, 0.1) is 0 Å². The zero-order valence-corrected chi connectivity index (χ0v) is 13.2. The van der Waals surface area contributed by atoms with Crippen LogP contribution in [0.4, 0.5) is 11.4 Å². The summed E-state index contributed by atoms with van der Waals surface area (Å²) in [4.78, 5) is 23.6. The van der Waals surface area contributed by atoms with Crippen LogP contribution in [0.15, 0.2) is 36.4 Å². The van der Waals surface area contributed by atoms with E-state index < -0.39 is 0 Å². The Morgan fingerprint density at radius 2 is 1.83 bits per heavy atom. The molecule has 0 spiro atoms. The van der Waals surface area contributed by atoms with Crippen LogP contribution in [-0.4, -0.2) is 25.7 Å². The second-order valence-corrected chi connectivity index (χ2v) is 5.12. The number of fused-ring (bicyclic) bond motifs is 1. The largest absolute Gasteiger partial charge is 0.495 e. The van der Waals surface area contributed by atoms with Crippen molar-refractivity contribution in [3.05, 3.63) is 42.0 Å². The van der Waals surface area contributed by atoms with Crippen molar-refractivity contribution in [1.29, 1.82) is 0 Å². The van der Waals surface area contributed by atoms with Crippen molar-refractivity contribution in [2.75, 3.05) is 24.5 Å². The van der Waals surface area contributed by atoms with Crippen LogP contribution in [0.2, 0.25) is 0 Å². The maximum atomic E-state index is 12.5. The molecule has 0 atom stereocenters. The first-order chi connectivity index (χ1) is 11.6. The average molecular weight is 328 g/mol. The Hall–Kier alpha value is -3.22. The van der Waals surface area contributed by atoms with Crippen LogP contribution in [0.25, 0.3) is 0 Å². The van der Waals surface area contributed by atoms with Gasteiger partial charge < -0.3 is 24.8 Å². The summed E-state index contributed by atoms with van der Waals surface area (Å²) in [5.74, 6) is 1.09. The highest BCUT2D eigenvalue weighted by atomic mass is 16.7. The highest BCUT2D eigenvalue weighted by molar-refractivity contribution is 6.06. The van der Waals surface area contributed by atoms with E-state index in [1.807, 2.05) is 0 Å². The number of anilines is 2. The Kier molecular flexibility index (Phi) is 4.24. The maximum Gasteiger partial charge on any atom is 0.255 e. The molecule has 7 heteroatoms. The quantitative estimate of drug-likeness (QED) is 0.901. The summed E-state index contributed by atoms with van der Waals surface area (Å²) in [6.07, 6.45) is 0. The molecule has 2 aromatic rings. The topological polar surface area (TPSA) is 85.9 Å². The van der Waals surface area contributed by atoms with Crippen molar-refractivity contribution >= 4 is 23.2 Å². The van der Waals surface area contributed by atoms with Gasteiger partial charge in [0.1, 0.15) is 5.75 Å². The van der Waals surface area contributed by atoms with Crippen LogP contribution in [0.3, 0.4) is 0 Å². The van der Waals surface area contributed by atoms with Crippen molar-refractivity contribution in [3.8, 4) is 17.2 Å². The van der Waals surface area contributed by atoms with Crippen LogP contribution >= 0.6 is 0 Å². The van der Waals surface area contributed by atoms with E-state index in [4.69, 9.17) is 14.2 Å². The molecule has 24 heavy (non-hydrogen) atoms. The first kappa shape index (κ1) is 15.7. The van der Waals surface area contributed by atoms with Gasteiger partial charge in [0.25, 0.3) is 5.91 Å². The first-order valence-electron chi connectivity index (χ1n) is 7.23. The molecule has 0 fully saturated rings. The molecule has 2 amide bonds. The number of benzene rings is 2. The monoisotopic (exact) mass is 328 g/mol. The predicted octanol–water partition coefficient (Wildman–Crippen LogP) is 2.63. The number of ether oxygens (including phenoxy) is 3. The molecule has 2 N–H and O–H groups in total. The molecule has 1 aliphatic heterocycles. The maximum absolute atomic E-state index is 12.5. The fourth-order valence-corrected chi connectivity index (χ4v) is 2.32. The zero-order valence-electron chi connectivity index (χ0n) is 13.2.